The summed E-state index contributed by atoms with van der Waals surface area (Å²) in [5.41, 5.74) is 1.15. The lowest BCUT2D eigenvalue weighted by molar-refractivity contribution is -0.147. The third-order valence-corrected chi connectivity index (χ3v) is 5.36. The minimum absolute atomic E-state index is 0.0761. The van der Waals surface area contributed by atoms with Gasteiger partial charge in [0.25, 0.3) is 11.5 Å². The Morgan fingerprint density at radius 2 is 1.71 bits per heavy atom. The van der Waals surface area contributed by atoms with Crippen molar-refractivity contribution in [3.63, 3.8) is 0 Å². The van der Waals surface area contributed by atoms with E-state index in [1.807, 2.05) is 0 Å². The van der Waals surface area contributed by atoms with Crippen LogP contribution in [0, 0.1) is 0 Å². The highest BCUT2D eigenvalue weighted by atomic mass is 35.5. The lowest BCUT2D eigenvalue weighted by Gasteiger charge is -2.11. The smallest absolute Gasteiger partial charge is 0.306 e. The van der Waals surface area contributed by atoms with Crippen LogP contribution < -0.4 is 10.9 Å². The number of anilines is 1. The quantitative estimate of drug-likeness (QED) is 0.286. The van der Waals surface area contributed by atoms with Crippen molar-refractivity contribution in [1.82, 2.24) is 9.97 Å². The number of fused-ring (bicyclic) bond motifs is 1. The van der Waals surface area contributed by atoms with Crippen molar-refractivity contribution in [2.45, 2.75) is 12.8 Å². The van der Waals surface area contributed by atoms with Crippen molar-refractivity contribution in [3.05, 3.63) is 105 Å². The predicted octanol–water partition coefficient (Wildman–Crippen LogP) is 3.92. The van der Waals surface area contributed by atoms with Gasteiger partial charge in [-0.25, -0.2) is 4.98 Å². The number of benzene rings is 3. The molecule has 0 unspecified atom stereocenters. The first-order chi connectivity index (χ1) is 16.9. The Balaban J connectivity index is 1.34. The maximum atomic E-state index is 12.9. The fraction of sp³-hybridized carbons (Fsp3) is 0.115. The molecule has 176 valence electrons. The van der Waals surface area contributed by atoms with Gasteiger partial charge < -0.3 is 15.0 Å². The first-order valence-electron chi connectivity index (χ1n) is 10.7. The lowest BCUT2D eigenvalue weighted by atomic mass is 10.0. The molecular weight excluding hydrogens is 470 g/mol. The van der Waals surface area contributed by atoms with Crippen LogP contribution in [0.5, 0.6) is 0 Å². The molecule has 9 heteroatoms. The number of ketones is 1. The van der Waals surface area contributed by atoms with Crippen LogP contribution in [0.15, 0.2) is 77.6 Å². The molecule has 2 N–H and O–H groups in total. The molecule has 4 aromatic rings. The monoisotopic (exact) mass is 489 g/mol. The van der Waals surface area contributed by atoms with E-state index in [-0.39, 0.29) is 35.4 Å². The van der Waals surface area contributed by atoms with E-state index in [0.717, 1.165) is 0 Å². The average Bonchev–Trinajstić information content (AvgIpc) is 2.87. The van der Waals surface area contributed by atoms with E-state index < -0.39 is 18.5 Å². The number of carbonyl (C=O) groups is 3. The molecule has 8 nitrogen and oxygen atoms in total. The molecule has 0 saturated heterocycles. The summed E-state index contributed by atoms with van der Waals surface area (Å²) in [7, 11) is 0. The number of ether oxygens (including phenoxy) is 1. The highest BCUT2D eigenvalue weighted by Gasteiger charge is 2.17. The zero-order chi connectivity index (χ0) is 24.8. The standard InChI is InChI=1S/C26H20ClN3O5/c27-17-10-11-21(19(14-17)25(33)16-6-2-1-3-7-16)29-23(31)15-35-24(32)13-12-22-28-20-9-5-4-8-18(20)26(34)30-22/h1-11,14H,12-13,15H2,(H,29,31)(H,28,30,34). The molecule has 0 aliphatic carbocycles. The molecule has 4 rings (SSSR count). The summed E-state index contributed by atoms with van der Waals surface area (Å²) < 4.78 is 5.04. The summed E-state index contributed by atoms with van der Waals surface area (Å²) >= 11 is 6.05. The number of aromatic amines is 1. The van der Waals surface area contributed by atoms with Crippen LogP contribution in [0.3, 0.4) is 0 Å². The van der Waals surface area contributed by atoms with E-state index in [1.54, 1.807) is 60.7 Å². The Morgan fingerprint density at radius 3 is 2.51 bits per heavy atom. The Morgan fingerprint density at radius 1 is 0.971 bits per heavy atom. The predicted molar refractivity (Wildman–Crippen MR) is 132 cm³/mol. The number of carbonyl (C=O) groups excluding carboxylic acids is 3. The molecule has 0 bridgehead atoms. The van der Waals surface area contributed by atoms with Crippen molar-refractivity contribution in [2.24, 2.45) is 0 Å². The van der Waals surface area contributed by atoms with Gasteiger partial charge in [0.2, 0.25) is 0 Å². The number of esters is 1. The maximum absolute atomic E-state index is 12.9. The molecule has 0 aliphatic heterocycles. The van der Waals surface area contributed by atoms with Crippen LogP contribution in [-0.2, 0) is 20.7 Å². The molecule has 0 aliphatic rings. The van der Waals surface area contributed by atoms with Gasteiger partial charge in [0, 0.05) is 22.6 Å². The summed E-state index contributed by atoms with van der Waals surface area (Å²) in [4.78, 5) is 56.5. The fourth-order valence-corrected chi connectivity index (χ4v) is 3.61. The number of aromatic nitrogens is 2. The second-order valence-corrected chi connectivity index (χ2v) is 8.06. The zero-order valence-corrected chi connectivity index (χ0v) is 19.2. The normalized spacial score (nSPS) is 10.7. The van der Waals surface area contributed by atoms with Crippen molar-refractivity contribution in [1.29, 1.82) is 0 Å². The van der Waals surface area contributed by atoms with Gasteiger partial charge in [-0.05, 0) is 30.3 Å². The van der Waals surface area contributed by atoms with Crippen LogP contribution in [0.2, 0.25) is 5.02 Å². The molecule has 3 aromatic carbocycles. The fourth-order valence-electron chi connectivity index (χ4n) is 3.44. The van der Waals surface area contributed by atoms with Gasteiger partial charge in [-0.3, -0.25) is 19.2 Å². The first-order valence-corrected chi connectivity index (χ1v) is 11.1. The van der Waals surface area contributed by atoms with Gasteiger partial charge in [-0.1, -0.05) is 54.1 Å². The van der Waals surface area contributed by atoms with E-state index in [2.05, 4.69) is 15.3 Å². The minimum Gasteiger partial charge on any atom is -0.456 e. The number of aryl methyl sites for hydroxylation is 1. The topological polar surface area (TPSA) is 118 Å². The molecule has 1 aromatic heterocycles. The van der Waals surface area contributed by atoms with Crippen LogP contribution in [0.4, 0.5) is 5.69 Å². The Labute approximate surface area is 204 Å². The molecule has 0 fully saturated rings. The van der Waals surface area contributed by atoms with E-state index in [0.29, 0.717) is 27.3 Å². The van der Waals surface area contributed by atoms with Gasteiger partial charge in [0.05, 0.1) is 23.0 Å². The Hall–Kier alpha value is -4.30. The van der Waals surface area contributed by atoms with Crippen LogP contribution >= 0.6 is 11.6 Å². The summed E-state index contributed by atoms with van der Waals surface area (Å²) in [6.07, 6.45) is 0.0701. The summed E-state index contributed by atoms with van der Waals surface area (Å²) in [5.74, 6) is -1.20. The minimum atomic E-state index is -0.632. The third kappa shape index (κ3) is 5.99. The van der Waals surface area contributed by atoms with Crippen LogP contribution in [0.25, 0.3) is 10.9 Å². The number of amides is 1. The number of hydrogen-bond acceptors (Lipinski definition) is 6. The molecule has 0 radical (unpaired) electrons. The van der Waals surface area contributed by atoms with Gasteiger partial charge >= 0.3 is 5.97 Å². The zero-order valence-electron chi connectivity index (χ0n) is 18.4. The SMILES string of the molecule is O=C(COC(=O)CCc1nc2ccccc2c(=O)[nH]1)Nc1ccc(Cl)cc1C(=O)c1ccccc1. The van der Waals surface area contributed by atoms with Crippen LogP contribution in [-0.4, -0.2) is 34.2 Å². The Bertz CT molecular complexity index is 1470. The average molecular weight is 490 g/mol. The number of hydrogen-bond donors (Lipinski definition) is 2. The highest BCUT2D eigenvalue weighted by molar-refractivity contribution is 6.31. The molecule has 0 spiro atoms. The number of halogens is 1. The number of nitrogens with zero attached hydrogens (tertiary/aromatic N) is 1. The molecular formula is C26H20ClN3O5. The van der Waals surface area contributed by atoms with Crippen molar-refractivity contribution in [2.75, 3.05) is 11.9 Å². The Kier molecular flexibility index (Phi) is 7.32. The van der Waals surface area contributed by atoms with Gasteiger partial charge in [-0.2, -0.15) is 0 Å². The van der Waals surface area contributed by atoms with E-state index in [1.165, 1.54) is 12.1 Å². The van der Waals surface area contributed by atoms with E-state index in [4.69, 9.17) is 16.3 Å². The van der Waals surface area contributed by atoms with Crippen molar-refractivity contribution >= 4 is 45.9 Å². The number of nitrogens with one attached hydrogen (secondary N) is 2. The first kappa shape index (κ1) is 23.8. The van der Waals surface area contributed by atoms with Crippen LogP contribution in [0.1, 0.15) is 28.2 Å². The molecule has 1 amide bonds. The number of para-hydroxylation sites is 1. The molecule has 0 atom stereocenters. The van der Waals surface area contributed by atoms with Gasteiger partial charge in [0.1, 0.15) is 5.82 Å². The molecule has 1 heterocycles. The number of H-pyrrole nitrogens is 1. The van der Waals surface area contributed by atoms with E-state index >= 15 is 0 Å². The molecule has 35 heavy (non-hydrogen) atoms. The molecule has 0 saturated carbocycles. The second kappa shape index (κ2) is 10.8. The van der Waals surface area contributed by atoms with Gasteiger partial charge in [-0.15, -0.1) is 0 Å². The summed E-state index contributed by atoms with van der Waals surface area (Å²) in [6.45, 7) is -0.540. The summed E-state index contributed by atoms with van der Waals surface area (Å²) in [6, 6.07) is 20.0. The number of rotatable bonds is 8. The second-order valence-electron chi connectivity index (χ2n) is 7.62. The van der Waals surface area contributed by atoms with E-state index in [9.17, 15) is 19.2 Å². The highest BCUT2D eigenvalue weighted by Crippen LogP contribution is 2.23. The largest absolute Gasteiger partial charge is 0.456 e. The lowest BCUT2D eigenvalue weighted by Crippen LogP contribution is -2.22. The van der Waals surface area contributed by atoms with Crippen molar-refractivity contribution < 1.29 is 19.1 Å². The summed E-state index contributed by atoms with van der Waals surface area (Å²) in [5, 5.41) is 3.39. The van der Waals surface area contributed by atoms with Gasteiger partial charge in [0.15, 0.2) is 12.4 Å². The third-order valence-electron chi connectivity index (χ3n) is 5.13. The maximum Gasteiger partial charge on any atom is 0.306 e. The van der Waals surface area contributed by atoms with Crippen molar-refractivity contribution in [3.8, 4) is 0 Å².